The Morgan fingerprint density at radius 1 is 0.595 bits per heavy atom. The highest BCUT2D eigenvalue weighted by molar-refractivity contribution is 6.12. The second-order valence-electron chi connectivity index (χ2n) is 9.67. The maximum Gasteiger partial charge on any atom is 0.167 e. The van der Waals surface area contributed by atoms with E-state index in [1.165, 1.54) is 7.11 Å². The molecule has 4 rings (SSSR count). The SMILES string of the molecule is CON=C(c1ccc(CC(=O)c2ccc(NCCO)cc2)cc1)c1ccc(CC(=O)c2ccc(NCCO)cc2)cc1. The van der Waals surface area contributed by atoms with Crippen molar-refractivity contribution in [2.24, 2.45) is 5.16 Å². The molecule has 0 aliphatic rings. The van der Waals surface area contributed by atoms with Crippen LogP contribution in [0.5, 0.6) is 0 Å². The maximum atomic E-state index is 12.8. The number of hydrogen-bond donors (Lipinski definition) is 4. The minimum Gasteiger partial charge on any atom is -0.399 e. The molecule has 0 saturated carbocycles. The van der Waals surface area contributed by atoms with Crippen molar-refractivity contribution in [3.63, 3.8) is 0 Å². The number of aliphatic hydroxyl groups is 2. The molecule has 4 N–H and O–H groups in total. The average molecular weight is 566 g/mol. The van der Waals surface area contributed by atoms with Gasteiger partial charge in [0, 0.05) is 59.6 Å². The van der Waals surface area contributed by atoms with Crippen molar-refractivity contribution in [2.45, 2.75) is 12.8 Å². The van der Waals surface area contributed by atoms with Gasteiger partial charge in [0.2, 0.25) is 0 Å². The fourth-order valence-corrected chi connectivity index (χ4v) is 4.45. The second-order valence-corrected chi connectivity index (χ2v) is 9.67. The zero-order valence-electron chi connectivity index (χ0n) is 23.5. The Kier molecular flexibility index (Phi) is 11.0. The van der Waals surface area contributed by atoms with E-state index in [9.17, 15) is 9.59 Å². The molecule has 0 heterocycles. The van der Waals surface area contributed by atoms with Crippen molar-refractivity contribution in [1.82, 2.24) is 0 Å². The van der Waals surface area contributed by atoms with Crippen LogP contribution in [0.3, 0.4) is 0 Å². The lowest BCUT2D eigenvalue weighted by molar-refractivity contribution is 0.0985. The lowest BCUT2D eigenvalue weighted by Crippen LogP contribution is -2.08. The van der Waals surface area contributed by atoms with Gasteiger partial charge in [0.1, 0.15) is 12.8 Å². The molecular formula is C34H35N3O5. The number of nitrogens with zero attached hydrogens (tertiary/aromatic N) is 1. The van der Waals surface area contributed by atoms with E-state index < -0.39 is 0 Å². The lowest BCUT2D eigenvalue weighted by Gasteiger charge is -2.10. The third kappa shape index (κ3) is 8.36. The van der Waals surface area contributed by atoms with Gasteiger partial charge in [0.05, 0.1) is 13.2 Å². The molecular weight excluding hydrogens is 530 g/mol. The van der Waals surface area contributed by atoms with Gasteiger partial charge in [-0.15, -0.1) is 0 Å². The van der Waals surface area contributed by atoms with E-state index in [0.29, 0.717) is 29.9 Å². The largest absolute Gasteiger partial charge is 0.399 e. The summed E-state index contributed by atoms with van der Waals surface area (Å²) in [7, 11) is 1.50. The topological polar surface area (TPSA) is 120 Å². The van der Waals surface area contributed by atoms with E-state index in [-0.39, 0.29) is 37.6 Å². The normalized spacial score (nSPS) is 10.5. The molecule has 4 aromatic rings. The third-order valence-corrected chi connectivity index (χ3v) is 6.66. The summed E-state index contributed by atoms with van der Waals surface area (Å²) in [6.07, 6.45) is 0.538. The monoisotopic (exact) mass is 565 g/mol. The van der Waals surface area contributed by atoms with Gasteiger partial charge in [-0.05, 0) is 59.7 Å². The van der Waals surface area contributed by atoms with Gasteiger partial charge in [0.15, 0.2) is 11.6 Å². The van der Waals surface area contributed by atoms with Gasteiger partial charge < -0.3 is 25.7 Å². The van der Waals surface area contributed by atoms with E-state index >= 15 is 0 Å². The number of carbonyl (C=O) groups excluding carboxylic acids is 2. The number of nitrogens with one attached hydrogen (secondary N) is 2. The number of benzene rings is 4. The highest BCUT2D eigenvalue weighted by atomic mass is 16.6. The number of rotatable bonds is 15. The summed E-state index contributed by atoms with van der Waals surface area (Å²) in [5.74, 6) is 0.0309. The Bertz CT molecular complexity index is 1370. The molecule has 0 unspecified atom stereocenters. The molecule has 0 aliphatic carbocycles. The van der Waals surface area contributed by atoms with Crippen LogP contribution in [0.15, 0.2) is 102 Å². The summed E-state index contributed by atoms with van der Waals surface area (Å²) in [5, 5.41) is 28.2. The number of aliphatic hydroxyl groups excluding tert-OH is 2. The molecule has 0 spiro atoms. The third-order valence-electron chi connectivity index (χ3n) is 6.66. The molecule has 0 aliphatic heterocycles. The van der Waals surface area contributed by atoms with Crippen molar-refractivity contribution in [3.8, 4) is 0 Å². The van der Waals surface area contributed by atoms with Crippen molar-refractivity contribution in [1.29, 1.82) is 0 Å². The Hall–Kier alpha value is -4.79. The summed E-state index contributed by atoms with van der Waals surface area (Å²) >= 11 is 0. The van der Waals surface area contributed by atoms with Crippen LogP contribution < -0.4 is 10.6 Å². The molecule has 8 heteroatoms. The van der Waals surface area contributed by atoms with Crippen molar-refractivity contribution in [2.75, 3.05) is 44.0 Å². The Morgan fingerprint density at radius 3 is 1.29 bits per heavy atom. The van der Waals surface area contributed by atoms with Crippen molar-refractivity contribution >= 4 is 28.7 Å². The first kappa shape index (κ1) is 30.2. The van der Waals surface area contributed by atoms with E-state index in [2.05, 4.69) is 15.8 Å². The Balaban J connectivity index is 1.38. The van der Waals surface area contributed by atoms with Crippen LogP contribution in [0.2, 0.25) is 0 Å². The highest BCUT2D eigenvalue weighted by Gasteiger charge is 2.13. The number of ketones is 2. The van der Waals surface area contributed by atoms with Crippen molar-refractivity contribution in [3.05, 3.63) is 130 Å². The standard InChI is InChI=1S/C34H35N3O5/c1-42-37-34(28-6-2-24(3-7-28)22-32(40)26-10-14-30(15-11-26)35-18-20-38)29-8-4-25(5-9-29)23-33(41)27-12-16-31(17-13-27)36-19-21-39/h2-17,35-36,38-39H,18-23H2,1H3. The Labute approximate surface area is 245 Å². The minimum atomic E-state index is 0.0154. The lowest BCUT2D eigenvalue weighted by atomic mass is 9.96. The fraction of sp³-hybridized carbons (Fsp3) is 0.206. The summed E-state index contributed by atoms with van der Waals surface area (Å²) in [4.78, 5) is 30.7. The molecule has 0 bridgehead atoms. The highest BCUT2D eigenvalue weighted by Crippen LogP contribution is 2.18. The van der Waals surface area contributed by atoms with Gasteiger partial charge in [0.25, 0.3) is 0 Å². The van der Waals surface area contributed by atoms with Crippen LogP contribution in [0.25, 0.3) is 0 Å². The smallest absolute Gasteiger partial charge is 0.167 e. The van der Waals surface area contributed by atoms with Crippen LogP contribution in [0.1, 0.15) is 43.0 Å². The predicted molar refractivity (Wildman–Crippen MR) is 166 cm³/mol. The zero-order valence-corrected chi connectivity index (χ0v) is 23.5. The first-order chi connectivity index (χ1) is 20.5. The number of oxime groups is 1. The van der Waals surface area contributed by atoms with Gasteiger partial charge in [-0.2, -0.15) is 0 Å². The van der Waals surface area contributed by atoms with Gasteiger partial charge >= 0.3 is 0 Å². The van der Waals surface area contributed by atoms with Gasteiger partial charge in [-0.25, -0.2) is 0 Å². The van der Waals surface area contributed by atoms with Gasteiger partial charge in [-0.3, -0.25) is 9.59 Å². The number of anilines is 2. The molecule has 0 radical (unpaired) electrons. The fourth-order valence-electron chi connectivity index (χ4n) is 4.45. The number of hydrogen-bond acceptors (Lipinski definition) is 8. The van der Waals surface area contributed by atoms with E-state index in [0.717, 1.165) is 33.6 Å². The van der Waals surface area contributed by atoms with Gasteiger partial charge in [-0.1, -0.05) is 53.7 Å². The minimum absolute atomic E-state index is 0.0154. The quantitative estimate of drug-likeness (QED) is 0.0933. The molecule has 42 heavy (non-hydrogen) atoms. The summed E-state index contributed by atoms with van der Waals surface area (Å²) in [5.41, 5.74) is 7.05. The van der Waals surface area contributed by atoms with Crippen LogP contribution in [-0.4, -0.2) is 60.9 Å². The number of carbonyl (C=O) groups is 2. The van der Waals surface area contributed by atoms with E-state index in [4.69, 9.17) is 15.1 Å². The summed E-state index contributed by atoms with van der Waals surface area (Å²) < 4.78 is 0. The molecule has 0 amide bonds. The first-order valence-corrected chi connectivity index (χ1v) is 13.8. The predicted octanol–water partition coefficient (Wildman–Crippen LogP) is 4.74. The van der Waals surface area contributed by atoms with Crippen molar-refractivity contribution < 1.29 is 24.6 Å². The summed E-state index contributed by atoms with van der Waals surface area (Å²) in [6, 6.07) is 29.8. The molecule has 0 saturated heterocycles. The van der Waals surface area contributed by atoms with Crippen LogP contribution in [0.4, 0.5) is 11.4 Å². The van der Waals surface area contributed by atoms with Crippen LogP contribution in [-0.2, 0) is 17.7 Å². The van der Waals surface area contributed by atoms with Crippen LogP contribution >= 0.6 is 0 Å². The molecule has 0 fully saturated rings. The first-order valence-electron chi connectivity index (χ1n) is 13.8. The molecule has 0 aromatic heterocycles. The molecule has 216 valence electrons. The van der Waals surface area contributed by atoms with E-state index in [1.807, 2.05) is 72.8 Å². The van der Waals surface area contributed by atoms with E-state index in [1.54, 1.807) is 24.3 Å². The Morgan fingerprint density at radius 2 is 0.952 bits per heavy atom. The second kappa shape index (κ2) is 15.3. The molecule has 8 nitrogen and oxygen atoms in total. The number of Topliss-reactive ketones (excluding diaryl/α,β-unsaturated/α-hetero) is 2. The molecule has 4 aromatic carbocycles. The zero-order chi connectivity index (χ0) is 29.7. The average Bonchev–Trinajstić information content (AvgIpc) is 3.03. The maximum absolute atomic E-state index is 12.8. The summed E-state index contributed by atoms with van der Waals surface area (Å²) in [6.45, 7) is 1.00. The van der Waals surface area contributed by atoms with Crippen LogP contribution in [0, 0.1) is 0 Å². The molecule has 0 atom stereocenters.